The molecular formula is C8H5Cl2F2NO. The Hall–Kier alpha value is -0.740. The maximum absolute atomic E-state index is 12.4. The number of hydrogen-bond acceptors (Lipinski definition) is 2. The normalized spacial score (nSPS) is 10.7. The average molecular weight is 240 g/mol. The van der Waals surface area contributed by atoms with E-state index in [1.54, 1.807) is 6.92 Å². The minimum absolute atomic E-state index is 0.0537. The zero-order chi connectivity index (χ0) is 10.9. The molecule has 6 heteroatoms. The zero-order valence-electron chi connectivity index (χ0n) is 7.02. The van der Waals surface area contributed by atoms with E-state index in [2.05, 4.69) is 4.98 Å². The largest absolute Gasteiger partial charge is 0.281 e. The molecule has 2 nitrogen and oxygen atoms in total. The van der Waals surface area contributed by atoms with Gasteiger partial charge in [-0.25, -0.2) is 13.8 Å². The Kier molecular flexibility index (Phi) is 3.39. The number of carbonyl (C=O) groups excluding carboxylic acids is 1. The lowest BCUT2D eigenvalue weighted by Crippen LogP contribution is -2.03. The van der Waals surface area contributed by atoms with Crippen molar-refractivity contribution < 1.29 is 13.6 Å². The number of halogens is 4. The second kappa shape index (κ2) is 4.19. The highest BCUT2D eigenvalue weighted by Crippen LogP contribution is 2.26. The average Bonchev–Trinajstić information content (AvgIpc) is 2.08. The van der Waals surface area contributed by atoms with Crippen LogP contribution in [0.4, 0.5) is 8.78 Å². The fourth-order valence-electron chi connectivity index (χ4n) is 0.928. The van der Waals surface area contributed by atoms with Gasteiger partial charge in [-0.3, -0.25) is 4.79 Å². The van der Waals surface area contributed by atoms with Crippen LogP contribution >= 0.6 is 23.2 Å². The molecular weight excluding hydrogens is 235 g/mol. The first-order chi connectivity index (χ1) is 6.43. The number of pyridine rings is 1. The lowest BCUT2D eigenvalue weighted by Gasteiger charge is -2.06. The molecule has 0 aliphatic rings. The maximum Gasteiger partial charge on any atom is 0.281 e. The number of aromatic nitrogens is 1. The van der Waals surface area contributed by atoms with E-state index in [9.17, 15) is 13.6 Å². The molecule has 0 radical (unpaired) electrons. The van der Waals surface area contributed by atoms with Gasteiger partial charge in [0.2, 0.25) is 0 Å². The summed E-state index contributed by atoms with van der Waals surface area (Å²) in [6.45, 7) is 1.55. The van der Waals surface area contributed by atoms with Crippen LogP contribution in [0.5, 0.6) is 0 Å². The van der Waals surface area contributed by atoms with Crippen LogP contribution < -0.4 is 0 Å². The maximum atomic E-state index is 12.4. The first kappa shape index (κ1) is 11.3. The Morgan fingerprint density at radius 3 is 2.57 bits per heavy atom. The molecule has 1 aromatic rings. The van der Waals surface area contributed by atoms with E-state index in [1.807, 2.05) is 0 Å². The first-order valence-electron chi connectivity index (χ1n) is 3.58. The van der Waals surface area contributed by atoms with Gasteiger partial charge in [-0.1, -0.05) is 11.6 Å². The summed E-state index contributed by atoms with van der Waals surface area (Å²) < 4.78 is 24.7. The second-order valence-corrected chi connectivity index (χ2v) is 3.30. The summed E-state index contributed by atoms with van der Waals surface area (Å²) in [5.74, 6) is 0. The summed E-state index contributed by atoms with van der Waals surface area (Å²) in [5, 5.41) is -1.02. The fraction of sp³-hybridized carbons (Fsp3) is 0.250. The van der Waals surface area contributed by atoms with Crippen LogP contribution in [-0.4, -0.2) is 10.2 Å². The summed E-state index contributed by atoms with van der Waals surface area (Å²) in [7, 11) is 0. The summed E-state index contributed by atoms with van der Waals surface area (Å²) >= 11 is 10.7. The van der Waals surface area contributed by atoms with Gasteiger partial charge in [0.05, 0.1) is 5.56 Å². The molecule has 0 saturated carbocycles. The number of carbonyl (C=O) groups is 1. The second-order valence-electron chi connectivity index (χ2n) is 2.60. The molecule has 0 unspecified atom stereocenters. The number of alkyl halides is 2. The molecule has 0 spiro atoms. The summed E-state index contributed by atoms with van der Waals surface area (Å²) in [6, 6.07) is 1.20. The van der Waals surface area contributed by atoms with Crippen molar-refractivity contribution in [2.75, 3.05) is 0 Å². The third kappa shape index (κ3) is 2.19. The van der Waals surface area contributed by atoms with Crippen LogP contribution in [0, 0.1) is 6.92 Å². The molecule has 0 bridgehead atoms. The quantitative estimate of drug-likeness (QED) is 0.586. The highest BCUT2D eigenvalue weighted by Gasteiger charge is 2.20. The van der Waals surface area contributed by atoms with E-state index in [0.717, 1.165) is 0 Å². The molecule has 0 aliphatic carbocycles. The van der Waals surface area contributed by atoms with E-state index in [0.29, 0.717) is 5.56 Å². The van der Waals surface area contributed by atoms with E-state index >= 15 is 0 Å². The summed E-state index contributed by atoms with van der Waals surface area (Å²) in [4.78, 5) is 14.2. The van der Waals surface area contributed by atoms with Gasteiger partial charge in [-0.05, 0) is 30.2 Å². The molecule has 1 heterocycles. The van der Waals surface area contributed by atoms with E-state index < -0.39 is 17.4 Å². The lowest BCUT2D eigenvalue weighted by molar-refractivity contribution is 0.106. The third-order valence-corrected chi connectivity index (χ3v) is 2.19. The van der Waals surface area contributed by atoms with Crippen molar-refractivity contribution in [3.63, 3.8) is 0 Å². The van der Waals surface area contributed by atoms with Crippen LogP contribution in [-0.2, 0) is 0 Å². The topological polar surface area (TPSA) is 30.0 Å². The van der Waals surface area contributed by atoms with Gasteiger partial charge < -0.3 is 0 Å². The molecule has 0 aromatic carbocycles. The fourth-order valence-corrected chi connectivity index (χ4v) is 1.22. The van der Waals surface area contributed by atoms with Gasteiger partial charge >= 0.3 is 0 Å². The molecule has 0 atom stereocenters. The highest BCUT2D eigenvalue weighted by atomic mass is 35.5. The van der Waals surface area contributed by atoms with Gasteiger partial charge in [0.1, 0.15) is 10.8 Å². The van der Waals surface area contributed by atoms with Crippen LogP contribution in [0.1, 0.15) is 28.0 Å². The van der Waals surface area contributed by atoms with Crippen molar-refractivity contribution in [1.82, 2.24) is 4.98 Å². The van der Waals surface area contributed by atoms with E-state index in [-0.39, 0.29) is 10.7 Å². The van der Waals surface area contributed by atoms with Crippen LogP contribution in [0.25, 0.3) is 0 Å². The van der Waals surface area contributed by atoms with Gasteiger partial charge in [0.25, 0.3) is 11.7 Å². The van der Waals surface area contributed by atoms with E-state index in [1.165, 1.54) is 6.07 Å². The summed E-state index contributed by atoms with van der Waals surface area (Å²) in [6.07, 6.45) is -2.87. The van der Waals surface area contributed by atoms with Gasteiger partial charge in [0.15, 0.2) is 0 Å². The minimum Gasteiger partial charge on any atom is -0.276 e. The number of hydrogen-bond donors (Lipinski definition) is 0. The molecule has 0 aliphatic heterocycles. The van der Waals surface area contributed by atoms with Crippen LogP contribution in [0.3, 0.4) is 0 Å². The van der Waals surface area contributed by atoms with Crippen molar-refractivity contribution in [2.45, 2.75) is 13.3 Å². The third-order valence-electron chi connectivity index (χ3n) is 1.60. The predicted molar refractivity (Wildman–Crippen MR) is 49.1 cm³/mol. The smallest absolute Gasteiger partial charge is 0.276 e. The standard InChI is InChI=1S/C8H5Cl2F2NO/c1-3-2-4(7(10)14)5(8(11)12)13-6(3)9/h2,8H,1H3. The number of aryl methyl sites for hydroxylation is 1. The number of rotatable bonds is 2. The Balaban J connectivity index is 3.39. The molecule has 1 rings (SSSR count). The Labute approximate surface area is 88.8 Å². The number of nitrogens with zero attached hydrogens (tertiary/aromatic N) is 1. The molecule has 14 heavy (non-hydrogen) atoms. The molecule has 0 saturated heterocycles. The van der Waals surface area contributed by atoms with Crippen LogP contribution in [0.15, 0.2) is 6.07 Å². The Bertz CT molecular complexity index is 382. The van der Waals surface area contributed by atoms with Crippen molar-refractivity contribution in [3.8, 4) is 0 Å². The van der Waals surface area contributed by atoms with Gasteiger partial charge in [-0.2, -0.15) is 0 Å². The first-order valence-corrected chi connectivity index (χ1v) is 4.34. The van der Waals surface area contributed by atoms with E-state index in [4.69, 9.17) is 23.2 Å². The van der Waals surface area contributed by atoms with Crippen molar-refractivity contribution in [1.29, 1.82) is 0 Å². The molecule has 1 aromatic heterocycles. The molecule has 0 fully saturated rings. The minimum atomic E-state index is -2.87. The van der Waals surface area contributed by atoms with Gasteiger partial charge in [-0.15, -0.1) is 0 Å². The zero-order valence-corrected chi connectivity index (χ0v) is 8.53. The molecule has 0 amide bonds. The monoisotopic (exact) mass is 239 g/mol. The van der Waals surface area contributed by atoms with Crippen molar-refractivity contribution in [3.05, 3.63) is 28.0 Å². The molecule has 0 N–H and O–H groups in total. The Morgan fingerprint density at radius 1 is 1.57 bits per heavy atom. The SMILES string of the molecule is Cc1cc(C(=O)Cl)c(C(F)F)nc1Cl. The molecule has 76 valence electrons. The summed E-state index contributed by atoms with van der Waals surface area (Å²) in [5.41, 5.74) is -0.552. The van der Waals surface area contributed by atoms with Gasteiger partial charge in [0, 0.05) is 0 Å². The predicted octanol–water partition coefficient (Wildman–Crippen LogP) is 3.36. The van der Waals surface area contributed by atoms with Crippen molar-refractivity contribution in [2.24, 2.45) is 0 Å². The Morgan fingerprint density at radius 2 is 2.14 bits per heavy atom. The lowest BCUT2D eigenvalue weighted by atomic mass is 10.1. The van der Waals surface area contributed by atoms with Crippen molar-refractivity contribution >= 4 is 28.4 Å². The highest BCUT2D eigenvalue weighted by molar-refractivity contribution is 6.67. The van der Waals surface area contributed by atoms with Crippen LogP contribution in [0.2, 0.25) is 5.15 Å².